The fraction of sp³-hybridized carbons (Fsp3) is 0.241. The van der Waals surface area contributed by atoms with E-state index in [1.807, 2.05) is 77.8 Å². The van der Waals surface area contributed by atoms with Crippen LogP contribution in [-0.4, -0.2) is 60.1 Å². The van der Waals surface area contributed by atoms with Gasteiger partial charge in [0.05, 0.1) is 12.3 Å². The number of aromatic nitrogens is 1. The number of para-hydroxylation sites is 2. The maximum Gasteiger partial charge on any atom is 0.322 e. The summed E-state index contributed by atoms with van der Waals surface area (Å²) in [5.41, 5.74) is 3.91. The number of benzene rings is 3. The average Bonchev–Trinajstić information content (AvgIpc) is 3.33. The highest BCUT2D eigenvalue weighted by molar-refractivity contribution is 9.10. The Morgan fingerprint density at radius 3 is 2.43 bits per heavy atom. The SMILES string of the molecule is COCCN(CC(=O)N(CCc1c[nH]c2ccccc12)Cc1ccccc1)C(=O)Nc1ccccc1Br. The van der Waals surface area contributed by atoms with Gasteiger partial charge in [-0.25, -0.2) is 4.79 Å². The number of H-pyrrole nitrogens is 1. The maximum absolute atomic E-state index is 13.6. The van der Waals surface area contributed by atoms with Gasteiger partial charge < -0.3 is 24.8 Å². The van der Waals surface area contributed by atoms with Crippen molar-refractivity contribution in [1.29, 1.82) is 0 Å². The number of rotatable bonds is 11. The minimum absolute atomic E-state index is 0.0552. The van der Waals surface area contributed by atoms with Gasteiger partial charge in [-0.1, -0.05) is 60.7 Å². The number of amides is 3. The summed E-state index contributed by atoms with van der Waals surface area (Å²) in [6.45, 7) is 1.55. The van der Waals surface area contributed by atoms with Crippen LogP contribution in [0.1, 0.15) is 11.1 Å². The van der Waals surface area contributed by atoms with E-state index in [1.165, 1.54) is 4.90 Å². The molecule has 0 bridgehead atoms. The topological polar surface area (TPSA) is 77.7 Å². The summed E-state index contributed by atoms with van der Waals surface area (Å²) in [5, 5.41) is 4.05. The van der Waals surface area contributed by atoms with Gasteiger partial charge in [-0.15, -0.1) is 0 Å². The van der Waals surface area contributed by atoms with Crippen molar-refractivity contribution in [2.45, 2.75) is 13.0 Å². The van der Waals surface area contributed by atoms with Crippen LogP contribution in [0.4, 0.5) is 10.5 Å². The van der Waals surface area contributed by atoms with E-state index in [1.54, 1.807) is 13.2 Å². The number of nitrogens with zero attached hydrogens (tertiary/aromatic N) is 2. The molecule has 0 atom stereocenters. The number of halogens is 1. The molecule has 0 fully saturated rings. The fourth-order valence-corrected chi connectivity index (χ4v) is 4.55. The van der Waals surface area contributed by atoms with Crippen LogP contribution in [0, 0.1) is 0 Å². The molecular weight excluding hydrogens is 532 g/mol. The first kappa shape index (κ1) is 26.4. The number of aromatic amines is 1. The van der Waals surface area contributed by atoms with E-state index in [2.05, 4.69) is 32.3 Å². The van der Waals surface area contributed by atoms with Crippen molar-refractivity contribution >= 4 is 44.5 Å². The number of methoxy groups -OCH3 is 1. The van der Waals surface area contributed by atoms with Crippen LogP contribution in [-0.2, 0) is 22.5 Å². The number of urea groups is 1. The van der Waals surface area contributed by atoms with E-state index in [4.69, 9.17) is 4.74 Å². The van der Waals surface area contributed by atoms with Crippen LogP contribution in [0.15, 0.2) is 89.5 Å². The molecule has 0 aliphatic rings. The van der Waals surface area contributed by atoms with Crippen LogP contribution in [0.3, 0.4) is 0 Å². The first-order valence-electron chi connectivity index (χ1n) is 12.2. The van der Waals surface area contributed by atoms with E-state index in [9.17, 15) is 9.59 Å². The van der Waals surface area contributed by atoms with E-state index < -0.39 is 0 Å². The van der Waals surface area contributed by atoms with Gasteiger partial charge in [-0.2, -0.15) is 0 Å². The molecule has 0 radical (unpaired) electrons. The predicted octanol–water partition coefficient (Wildman–Crippen LogP) is 5.68. The molecule has 3 aromatic carbocycles. The molecule has 8 heteroatoms. The zero-order chi connectivity index (χ0) is 26.0. The molecule has 3 amide bonds. The molecule has 7 nitrogen and oxygen atoms in total. The van der Waals surface area contributed by atoms with Crippen LogP contribution in [0.5, 0.6) is 0 Å². The number of hydrogen-bond donors (Lipinski definition) is 2. The van der Waals surface area contributed by atoms with Gasteiger partial charge in [0.2, 0.25) is 5.91 Å². The van der Waals surface area contributed by atoms with Crippen molar-refractivity contribution in [2.24, 2.45) is 0 Å². The molecule has 0 saturated heterocycles. The Balaban J connectivity index is 1.50. The molecule has 4 rings (SSSR count). The highest BCUT2D eigenvalue weighted by atomic mass is 79.9. The normalized spacial score (nSPS) is 10.9. The summed E-state index contributed by atoms with van der Waals surface area (Å²) in [6, 6.07) is 25.1. The third-order valence-corrected chi connectivity index (χ3v) is 6.88. The van der Waals surface area contributed by atoms with Gasteiger partial charge in [0.1, 0.15) is 6.54 Å². The minimum Gasteiger partial charge on any atom is -0.383 e. The lowest BCUT2D eigenvalue weighted by Crippen LogP contribution is -2.46. The Bertz CT molecular complexity index is 1330. The molecule has 4 aromatic rings. The molecule has 0 spiro atoms. The second-order valence-electron chi connectivity index (χ2n) is 8.73. The Hall–Kier alpha value is -3.62. The number of anilines is 1. The molecule has 2 N–H and O–H groups in total. The molecular formula is C29H31BrN4O3. The predicted molar refractivity (Wildman–Crippen MR) is 150 cm³/mol. The highest BCUT2D eigenvalue weighted by Crippen LogP contribution is 2.22. The van der Waals surface area contributed by atoms with Crippen molar-refractivity contribution in [3.63, 3.8) is 0 Å². The first-order chi connectivity index (χ1) is 18.0. The van der Waals surface area contributed by atoms with Gasteiger partial charge in [0, 0.05) is 48.3 Å². The van der Waals surface area contributed by atoms with E-state index >= 15 is 0 Å². The smallest absolute Gasteiger partial charge is 0.322 e. The van der Waals surface area contributed by atoms with Crippen LogP contribution in [0.2, 0.25) is 0 Å². The Kier molecular flexibility index (Phi) is 9.35. The fourth-order valence-electron chi connectivity index (χ4n) is 4.16. The highest BCUT2D eigenvalue weighted by Gasteiger charge is 2.22. The largest absolute Gasteiger partial charge is 0.383 e. The third-order valence-electron chi connectivity index (χ3n) is 6.19. The van der Waals surface area contributed by atoms with Crippen LogP contribution >= 0.6 is 15.9 Å². The lowest BCUT2D eigenvalue weighted by atomic mass is 10.1. The summed E-state index contributed by atoms with van der Waals surface area (Å²) in [4.78, 5) is 33.4. The molecule has 1 heterocycles. The van der Waals surface area contributed by atoms with E-state index in [-0.39, 0.29) is 18.5 Å². The van der Waals surface area contributed by atoms with Gasteiger partial charge in [0.25, 0.3) is 0 Å². The summed E-state index contributed by atoms with van der Waals surface area (Å²) in [5.74, 6) is -0.123. The van der Waals surface area contributed by atoms with Gasteiger partial charge in [-0.3, -0.25) is 4.79 Å². The number of carbonyl (C=O) groups excluding carboxylic acids is 2. The molecule has 1 aromatic heterocycles. The molecule has 192 valence electrons. The number of ether oxygens (including phenoxy) is 1. The third kappa shape index (κ3) is 7.21. The number of carbonyl (C=O) groups is 2. The summed E-state index contributed by atoms with van der Waals surface area (Å²) in [6.07, 6.45) is 2.70. The summed E-state index contributed by atoms with van der Waals surface area (Å²) < 4.78 is 5.98. The summed E-state index contributed by atoms with van der Waals surface area (Å²) >= 11 is 3.46. The zero-order valence-corrected chi connectivity index (χ0v) is 22.4. The maximum atomic E-state index is 13.6. The summed E-state index contributed by atoms with van der Waals surface area (Å²) in [7, 11) is 1.58. The van der Waals surface area contributed by atoms with Gasteiger partial charge in [-0.05, 0) is 51.7 Å². The molecule has 0 aliphatic carbocycles. The molecule has 37 heavy (non-hydrogen) atoms. The lowest BCUT2D eigenvalue weighted by Gasteiger charge is -2.28. The van der Waals surface area contributed by atoms with Crippen molar-refractivity contribution < 1.29 is 14.3 Å². The minimum atomic E-state index is -0.353. The Labute approximate surface area is 225 Å². The quantitative estimate of drug-likeness (QED) is 0.247. The zero-order valence-electron chi connectivity index (χ0n) is 20.8. The second-order valence-corrected chi connectivity index (χ2v) is 9.59. The molecule has 0 saturated carbocycles. The monoisotopic (exact) mass is 562 g/mol. The van der Waals surface area contributed by atoms with Crippen LogP contribution < -0.4 is 5.32 Å². The van der Waals surface area contributed by atoms with Crippen molar-refractivity contribution in [3.05, 3.63) is 101 Å². The second kappa shape index (κ2) is 13.1. The Morgan fingerprint density at radius 2 is 1.65 bits per heavy atom. The first-order valence-corrected chi connectivity index (χ1v) is 13.0. The van der Waals surface area contributed by atoms with Gasteiger partial charge >= 0.3 is 6.03 Å². The molecule has 0 aliphatic heterocycles. The van der Waals surface area contributed by atoms with E-state index in [0.29, 0.717) is 38.3 Å². The van der Waals surface area contributed by atoms with E-state index in [0.717, 1.165) is 26.5 Å². The lowest BCUT2D eigenvalue weighted by molar-refractivity contribution is -0.132. The van der Waals surface area contributed by atoms with Crippen molar-refractivity contribution in [3.8, 4) is 0 Å². The molecule has 0 unspecified atom stereocenters. The Morgan fingerprint density at radius 1 is 0.919 bits per heavy atom. The standard InChI is InChI=1S/C29H31BrN4O3/c1-37-18-17-34(29(36)32-27-14-8-6-12-25(27)30)21-28(35)33(20-22-9-3-2-4-10-22)16-15-23-19-31-26-13-7-5-11-24(23)26/h2-14,19,31H,15-18,20-21H2,1H3,(H,32,36). The number of hydrogen-bond acceptors (Lipinski definition) is 3. The van der Waals surface area contributed by atoms with Crippen molar-refractivity contribution in [2.75, 3.05) is 38.7 Å². The number of nitrogens with one attached hydrogen (secondary N) is 2. The number of fused-ring (bicyclic) bond motifs is 1. The van der Waals surface area contributed by atoms with Crippen LogP contribution in [0.25, 0.3) is 10.9 Å². The van der Waals surface area contributed by atoms with Gasteiger partial charge in [0.15, 0.2) is 0 Å². The average molecular weight is 563 g/mol. The van der Waals surface area contributed by atoms with Crippen molar-refractivity contribution in [1.82, 2.24) is 14.8 Å².